The first kappa shape index (κ1) is 68.7. The van der Waals surface area contributed by atoms with Crippen LogP contribution < -0.4 is 0 Å². The number of hydrogen-bond donors (Lipinski definition) is 3. The van der Waals surface area contributed by atoms with E-state index in [0.717, 1.165) is 11.3 Å². The SMILES string of the molecule is CO[C@@H]1C[C@H](C[C@@H](C)[C@@H]2CC(=O)[C@H](C)/C=C(\C)[C@@H](O)[C@@H](OC)C(=O)[C@H](C)C[C@H](C)\C=C/C=C/C=C(\C)[C@H](OCCOCCOC(F)(F)C(F)(F)F)C[C@@H]3CC[C@@H](C)[C@@](O)(O3)C(=O)C(=O)N3CCCC[C@H]3C(=O)O2)CC[C@H]1OCCO. The molecule has 3 heterocycles. The third-order valence-corrected chi connectivity index (χ3v) is 16.0. The number of amides is 1. The van der Waals surface area contributed by atoms with Crippen LogP contribution in [0.3, 0.4) is 0 Å². The normalized spacial score (nSPS) is 35.5. The topological polar surface area (TPSA) is 223 Å². The Morgan fingerprint density at radius 2 is 1.52 bits per heavy atom. The first-order valence-corrected chi connectivity index (χ1v) is 28.2. The molecule has 3 N–H and O–H groups in total. The van der Waals surface area contributed by atoms with E-state index in [9.17, 15) is 61.2 Å². The predicted molar refractivity (Wildman–Crippen MR) is 283 cm³/mol. The minimum atomic E-state index is -5.90. The molecule has 0 aromatic carbocycles. The summed E-state index contributed by atoms with van der Waals surface area (Å²) in [6.07, 6.45) is -2.37. The highest BCUT2D eigenvalue weighted by Crippen LogP contribution is 2.39. The number of halogens is 5. The Bertz CT molecular complexity index is 2140. The molecule has 0 radical (unpaired) electrons. The number of piperidine rings is 1. The van der Waals surface area contributed by atoms with Crippen LogP contribution in [0.15, 0.2) is 47.6 Å². The Labute approximate surface area is 467 Å². The molecular formula is C58H88F5NO16. The molecule has 3 aliphatic heterocycles. The van der Waals surface area contributed by atoms with Crippen LogP contribution in [-0.2, 0) is 61.9 Å². The quantitative estimate of drug-likeness (QED) is 0.0442. The number of cyclic esters (lactones) is 1. The highest BCUT2D eigenvalue weighted by atomic mass is 19.4. The molecule has 4 aliphatic rings. The summed E-state index contributed by atoms with van der Waals surface area (Å²) in [5, 5.41) is 33.1. The summed E-state index contributed by atoms with van der Waals surface area (Å²) in [4.78, 5) is 72.7. The van der Waals surface area contributed by atoms with Gasteiger partial charge in [-0.15, -0.1) is 0 Å². The van der Waals surface area contributed by atoms with Crippen molar-refractivity contribution in [2.24, 2.45) is 35.5 Å². The van der Waals surface area contributed by atoms with Crippen LogP contribution in [-0.4, -0.2) is 177 Å². The van der Waals surface area contributed by atoms with Crippen molar-refractivity contribution in [3.63, 3.8) is 0 Å². The van der Waals surface area contributed by atoms with Crippen molar-refractivity contribution in [3.8, 4) is 0 Å². The summed E-state index contributed by atoms with van der Waals surface area (Å²) in [6, 6.07) is -1.26. The average molecular weight is 1150 g/mol. The maximum absolute atomic E-state index is 14.6. The van der Waals surface area contributed by atoms with Gasteiger partial charge in [0, 0.05) is 51.4 Å². The number of hydrogen-bond acceptors (Lipinski definition) is 16. The van der Waals surface area contributed by atoms with Gasteiger partial charge in [0.25, 0.3) is 11.7 Å². The first-order chi connectivity index (χ1) is 37.7. The predicted octanol–water partition coefficient (Wildman–Crippen LogP) is 7.76. The fraction of sp³-hybridized carbons (Fsp3) is 0.776. The fourth-order valence-corrected chi connectivity index (χ4v) is 11.1. The second kappa shape index (κ2) is 32.3. The van der Waals surface area contributed by atoms with Gasteiger partial charge in [-0.25, -0.2) is 4.79 Å². The maximum atomic E-state index is 14.6. The van der Waals surface area contributed by atoms with Gasteiger partial charge in [-0.2, -0.15) is 22.0 Å². The van der Waals surface area contributed by atoms with Crippen LogP contribution in [0, 0.1) is 35.5 Å². The van der Waals surface area contributed by atoms with Gasteiger partial charge in [0.1, 0.15) is 30.1 Å². The smallest absolute Gasteiger partial charge is 0.460 e. The molecule has 3 fully saturated rings. The van der Waals surface area contributed by atoms with Gasteiger partial charge in [-0.3, -0.25) is 19.2 Å². The molecule has 1 amide bonds. The van der Waals surface area contributed by atoms with Crippen LogP contribution in [0.2, 0.25) is 0 Å². The van der Waals surface area contributed by atoms with Gasteiger partial charge in [0.15, 0.2) is 5.78 Å². The lowest BCUT2D eigenvalue weighted by molar-refractivity contribution is -0.392. The second-order valence-corrected chi connectivity index (χ2v) is 22.3. The van der Waals surface area contributed by atoms with Crippen molar-refractivity contribution in [1.29, 1.82) is 0 Å². The van der Waals surface area contributed by atoms with Crippen LogP contribution in [0.25, 0.3) is 0 Å². The second-order valence-electron chi connectivity index (χ2n) is 22.3. The summed E-state index contributed by atoms with van der Waals surface area (Å²) in [5.41, 5.74) is 0.944. The Balaban J connectivity index is 1.68. The van der Waals surface area contributed by atoms with Crippen LogP contribution in [0.4, 0.5) is 22.0 Å². The van der Waals surface area contributed by atoms with Gasteiger partial charge in [-0.05, 0) is 107 Å². The maximum Gasteiger partial charge on any atom is 0.482 e. The largest absolute Gasteiger partial charge is 0.482 e. The molecule has 4 rings (SSSR count). The number of carbonyl (C=O) groups excluding carboxylic acids is 5. The molecule has 0 unspecified atom stereocenters. The van der Waals surface area contributed by atoms with Crippen molar-refractivity contribution in [2.45, 2.75) is 192 Å². The van der Waals surface area contributed by atoms with Crippen LogP contribution in [0.5, 0.6) is 0 Å². The summed E-state index contributed by atoms with van der Waals surface area (Å²) in [6.45, 7) is 10.0. The molecule has 0 spiro atoms. The number of Topliss-reactive ketones (excluding diaryl/α,β-unsaturated/α-hetero) is 3. The monoisotopic (exact) mass is 1150 g/mol. The van der Waals surface area contributed by atoms with E-state index in [0.29, 0.717) is 56.1 Å². The van der Waals surface area contributed by atoms with Gasteiger partial charge in [0.05, 0.1) is 64.1 Å². The molecule has 80 heavy (non-hydrogen) atoms. The van der Waals surface area contributed by atoms with Crippen molar-refractivity contribution < 1.29 is 99.1 Å². The fourth-order valence-electron chi connectivity index (χ4n) is 11.1. The molecule has 15 atom stereocenters. The Hall–Kier alpha value is -3.84. The van der Waals surface area contributed by atoms with E-state index in [2.05, 4.69) is 4.74 Å². The zero-order valence-corrected chi connectivity index (χ0v) is 48.0. The minimum Gasteiger partial charge on any atom is -0.460 e. The number of aliphatic hydroxyl groups is 3. The Kier molecular flexibility index (Phi) is 27.7. The summed E-state index contributed by atoms with van der Waals surface area (Å²) >= 11 is 0. The number of ether oxygens (including phenoxy) is 8. The number of esters is 1. The van der Waals surface area contributed by atoms with E-state index in [1.54, 1.807) is 72.1 Å². The lowest BCUT2D eigenvalue weighted by atomic mass is 9.78. The van der Waals surface area contributed by atoms with E-state index in [4.69, 9.17) is 33.2 Å². The zero-order valence-electron chi connectivity index (χ0n) is 48.0. The molecule has 2 saturated heterocycles. The third-order valence-electron chi connectivity index (χ3n) is 16.0. The number of allylic oxidation sites excluding steroid dienone is 6. The van der Waals surface area contributed by atoms with Crippen molar-refractivity contribution in [3.05, 3.63) is 47.6 Å². The molecule has 22 heteroatoms. The summed E-state index contributed by atoms with van der Waals surface area (Å²) in [5.74, 6) is -9.27. The molecule has 0 aromatic heterocycles. The molecule has 1 saturated carbocycles. The Morgan fingerprint density at radius 3 is 2.20 bits per heavy atom. The number of carbonyl (C=O) groups is 5. The molecule has 456 valence electrons. The number of methoxy groups -OCH3 is 2. The zero-order chi connectivity index (χ0) is 59.5. The van der Waals surface area contributed by atoms with Gasteiger partial charge < -0.3 is 58.1 Å². The number of rotatable bonds is 16. The number of ketones is 3. The lowest BCUT2D eigenvalue weighted by Crippen LogP contribution is -2.61. The van der Waals surface area contributed by atoms with E-state index >= 15 is 0 Å². The van der Waals surface area contributed by atoms with Gasteiger partial charge >= 0.3 is 18.3 Å². The van der Waals surface area contributed by atoms with Crippen molar-refractivity contribution in [1.82, 2.24) is 4.90 Å². The van der Waals surface area contributed by atoms with Crippen molar-refractivity contribution >= 4 is 29.2 Å². The summed E-state index contributed by atoms with van der Waals surface area (Å²) < 4.78 is 109. The number of fused-ring (bicyclic) bond motifs is 3. The third kappa shape index (κ3) is 19.6. The first-order valence-electron chi connectivity index (χ1n) is 28.2. The van der Waals surface area contributed by atoms with Crippen molar-refractivity contribution in [2.75, 3.05) is 60.4 Å². The molecule has 1 aliphatic carbocycles. The minimum absolute atomic E-state index is 0.0228. The van der Waals surface area contributed by atoms with Crippen LogP contribution >= 0.6 is 0 Å². The van der Waals surface area contributed by atoms with E-state index in [1.807, 2.05) is 19.9 Å². The van der Waals surface area contributed by atoms with E-state index in [1.165, 1.54) is 7.11 Å². The highest BCUT2D eigenvalue weighted by molar-refractivity contribution is 6.39. The number of alkyl halides is 5. The molecule has 0 aromatic rings. The average Bonchev–Trinajstić information content (AvgIpc) is 3.43. The van der Waals surface area contributed by atoms with E-state index in [-0.39, 0.29) is 94.3 Å². The molecule has 2 bridgehead atoms. The number of nitrogens with zero attached hydrogens (tertiary/aromatic N) is 1. The number of aliphatic hydroxyl groups excluding tert-OH is 2. The van der Waals surface area contributed by atoms with Gasteiger partial charge in [0.2, 0.25) is 5.79 Å². The highest BCUT2D eigenvalue weighted by Gasteiger charge is 2.59. The Morgan fingerprint density at radius 1 is 0.812 bits per heavy atom. The molecular weight excluding hydrogens is 1060 g/mol. The van der Waals surface area contributed by atoms with Crippen LogP contribution in [0.1, 0.15) is 126 Å². The lowest BCUT2D eigenvalue weighted by Gasteiger charge is -2.43. The summed E-state index contributed by atoms with van der Waals surface area (Å²) in [7, 11) is 2.92. The van der Waals surface area contributed by atoms with E-state index < -0.39 is 109 Å². The molecule has 17 nitrogen and oxygen atoms in total. The van der Waals surface area contributed by atoms with Gasteiger partial charge in [-0.1, -0.05) is 71.1 Å². The standard InChI is InChI=1S/C58H88F5NO16/c1-35-15-11-10-12-16-36(2)47(77-27-25-75-26-28-78-58(62,63)57(59,60)61)33-43-20-18-41(7)56(72,80-43)53(69)54(70)64-22-14-13-17-44(64)55(71)79-48(38(4)31-42-19-21-46(76-24-23-65)49(32-42)73-8)34-45(66)37(3)30-40(6)51(68)52(74-9)50(67)39(5)29-35/h10-12,15-16,30,35,37-39,41-44,46-49,51-52,65,68,72H,13-14,17-29,31-34H2,1-9H3/b12-10+,15-11-,36-16+,40-30+/t35-,37-,38-,39-,41-,42+,43+,44+,46-,47-,48+,49-,51-,52+,56-/m1/s1.